The first-order chi connectivity index (χ1) is 10.3. The van der Waals surface area contributed by atoms with E-state index in [1.54, 1.807) is 0 Å². The summed E-state index contributed by atoms with van der Waals surface area (Å²) in [6.45, 7) is 3.88. The first-order valence-electron chi connectivity index (χ1n) is 8.19. The van der Waals surface area contributed by atoms with E-state index in [1.165, 1.54) is 50.3 Å². The third-order valence-corrected chi connectivity index (χ3v) is 4.95. The van der Waals surface area contributed by atoms with Crippen LogP contribution in [0.3, 0.4) is 0 Å². The first-order valence-corrected chi connectivity index (χ1v) is 8.19. The Labute approximate surface area is 150 Å². The number of nitrogens with zero attached hydrogens (tertiary/aromatic N) is 1. The minimum Gasteiger partial charge on any atom is -0.508 e. The molecule has 3 rings (SSSR count). The zero-order valence-electron chi connectivity index (χ0n) is 13.3. The van der Waals surface area contributed by atoms with E-state index in [0.29, 0.717) is 5.92 Å². The summed E-state index contributed by atoms with van der Waals surface area (Å²) in [4.78, 5) is 2.43. The van der Waals surface area contributed by atoms with E-state index in [2.05, 4.69) is 10.2 Å². The Morgan fingerprint density at radius 3 is 2.39 bits per heavy atom. The number of benzene rings is 1. The van der Waals surface area contributed by atoms with Crippen LogP contribution in [0.1, 0.15) is 43.7 Å². The van der Waals surface area contributed by atoms with Gasteiger partial charge in [-0.1, -0.05) is 19.3 Å². The number of phenolic OH excluding ortho intramolecular Hbond substituents is 1. The number of halogens is 3. The van der Waals surface area contributed by atoms with Gasteiger partial charge in [-0.15, -0.1) is 24.8 Å². The Morgan fingerprint density at radius 2 is 1.74 bits per heavy atom. The maximum Gasteiger partial charge on any atom is 0.123 e. The van der Waals surface area contributed by atoms with E-state index < -0.39 is 0 Å². The molecular formula is C17H27Cl2FN2O. The van der Waals surface area contributed by atoms with Crippen molar-refractivity contribution in [3.8, 4) is 5.75 Å². The number of rotatable bonds is 3. The molecule has 23 heavy (non-hydrogen) atoms. The number of piperazine rings is 1. The first kappa shape index (κ1) is 20.5. The largest absolute Gasteiger partial charge is 0.508 e. The van der Waals surface area contributed by atoms with Gasteiger partial charge in [0.2, 0.25) is 0 Å². The number of nitrogens with one attached hydrogen (secondary N) is 1. The second-order valence-corrected chi connectivity index (χ2v) is 6.33. The van der Waals surface area contributed by atoms with Crippen LogP contribution >= 0.6 is 24.8 Å². The smallest absolute Gasteiger partial charge is 0.123 e. The fraction of sp³-hybridized carbons (Fsp3) is 0.647. The van der Waals surface area contributed by atoms with Crippen molar-refractivity contribution in [1.29, 1.82) is 0 Å². The average Bonchev–Trinajstić information content (AvgIpc) is 2.53. The van der Waals surface area contributed by atoms with Gasteiger partial charge >= 0.3 is 0 Å². The van der Waals surface area contributed by atoms with Crippen molar-refractivity contribution in [1.82, 2.24) is 10.2 Å². The fourth-order valence-corrected chi connectivity index (χ4v) is 3.92. The van der Waals surface area contributed by atoms with Crippen LogP contribution in [-0.4, -0.2) is 36.2 Å². The summed E-state index contributed by atoms with van der Waals surface area (Å²) >= 11 is 0. The van der Waals surface area contributed by atoms with Crippen molar-refractivity contribution in [2.75, 3.05) is 26.2 Å². The minimum absolute atomic E-state index is 0. The molecule has 2 aliphatic rings. The summed E-state index contributed by atoms with van der Waals surface area (Å²) in [7, 11) is 0. The standard InChI is InChI=1S/C17H25FN2O.2ClH/c18-14-6-7-16(21)15(12-14)17(13-4-2-1-3-5-13)20-10-8-19-9-11-20;;/h6-7,12-13,17,19,21H,1-5,8-11H2;2*1H/t17-;;/m0../s1. The molecular weight excluding hydrogens is 338 g/mol. The molecule has 0 unspecified atom stereocenters. The predicted molar refractivity (Wildman–Crippen MR) is 96.3 cm³/mol. The lowest BCUT2D eigenvalue weighted by atomic mass is 9.80. The summed E-state index contributed by atoms with van der Waals surface area (Å²) in [5, 5.41) is 13.6. The molecule has 0 bridgehead atoms. The van der Waals surface area contributed by atoms with Crippen molar-refractivity contribution in [3.05, 3.63) is 29.6 Å². The van der Waals surface area contributed by atoms with Crippen LogP contribution < -0.4 is 5.32 Å². The molecule has 1 aromatic rings. The molecule has 0 spiro atoms. The minimum atomic E-state index is -0.251. The van der Waals surface area contributed by atoms with Crippen LogP contribution in [0.5, 0.6) is 5.75 Å². The van der Waals surface area contributed by atoms with E-state index in [0.717, 1.165) is 31.7 Å². The van der Waals surface area contributed by atoms with Crippen LogP contribution in [0.2, 0.25) is 0 Å². The summed E-state index contributed by atoms with van der Waals surface area (Å²) in [5.41, 5.74) is 0.781. The van der Waals surface area contributed by atoms with Crippen molar-refractivity contribution in [2.45, 2.75) is 38.1 Å². The molecule has 6 heteroatoms. The molecule has 1 aromatic carbocycles. The van der Waals surface area contributed by atoms with Gasteiger partial charge in [0.25, 0.3) is 0 Å². The monoisotopic (exact) mass is 364 g/mol. The second kappa shape index (κ2) is 9.67. The zero-order chi connectivity index (χ0) is 14.7. The normalized spacial score (nSPS) is 21.1. The molecule has 0 amide bonds. The number of hydrogen-bond acceptors (Lipinski definition) is 3. The van der Waals surface area contributed by atoms with Gasteiger partial charge in [-0.05, 0) is 37.0 Å². The molecule has 0 aromatic heterocycles. The molecule has 3 nitrogen and oxygen atoms in total. The SMILES string of the molecule is Cl.Cl.Oc1ccc(F)cc1[C@H](C1CCCCC1)N1CCNCC1. The Bertz CT molecular complexity index is 460. The van der Waals surface area contributed by atoms with Gasteiger partial charge in [-0.25, -0.2) is 4.39 Å². The van der Waals surface area contributed by atoms with E-state index in [9.17, 15) is 9.50 Å². The second-order valence-electron chi connectivity index (χ2n) is 6.33. The molecule has 1 saturated heterocycles. The van der Waals surface area contributed by atoms with Crippen LogP contribution in [0, 0.1) is 11.7 Å². The topological polar surface area (TPSA) is 35.5 Å². The lowest BCUT2D eigenvalue weighted by molar-refractivity contribution is 0.101. The Kier molecular flexibility index (Phi) is 8.62. The average molecular weight is 365 g/mol. The lowest BCUT2D eigenvalue weighted by Crippen LogP contribution is -2.47. The molecule has 1 aliphatic carbocycles. The summed E-state index contributed by atoms with van der Waals surface area (Å²) in [6.07, 6.45) is 6.18. The maximum atomic E-state index is 13.7. The van der Waals surface area contributed by atoms with E-state index in [-0.39, 0.29) is 42.4 Å². The number of hydrogen-bond donors (Lipinski definition) is 2. The molecule has 0 radical (unpaired) electrons. The summed E-state index contributed by atoms with van der Waals surface area (Å²) < 4.78 is 13.7. The van der Waals surface area contributed by atoms with Crippen molar-refractivity contribution < 1.29 is 9.50 Å². The van der Waals surface area contributed by atoms with Crippen LogP contribution in [0.15, 0.2) is 18.2 Å². The highest BCUT2D eigenvalue weighted by molar-refractivity contribution is 5.85. The molecule has 2 N–H and O–H groups in total. The van der Waals surface area contributed by atoms with Gasteiger partial charge in [0.15, 0.2) is 0 Å². The highest BCUT2D eigenvalue weighted by Gasteiger charge is 2.32. The Hall–Kier alpha value is -0.550. The Balaban J connectivity index is 0.00000132. The molecule has 1 aliphatic heterocycles. The van der Waals surface area contributed by atoms with Crippen molar-refractivity contribution >= 4 is 24.8 Å². The maximum absolute atomic E-state index is 13.7. The van der Waals surface area contributed by atoms with E-state index >= 15 is 0 Å². The van der Waals surface area contributed by atoms with Crippen LogP contribution in [0.25, 0.3) is 0 Å². The van der Waals surface area contributed by atoms with Gasteiger partial charge in [-0.3, -0.25) is 4.90 Å². The summed E-state index contributed by atoms with van der Waals surface area (Å²) in [6, 6.07) is 4.54. The van der Waals surface area contributed by atoms with Gasteiger partial charge in [0.05, 0.1) is 0 Å². The summed E-state index contributed by atoms with van der Waals surface area (Å²) in [5.74, 6) is 0.522. The van der Waals surface area contributed by atoms with E-state index in [1.807, 2.05) is 0 Å². The lowest BCUT2D eigenvalue weighted by Gasteiger charge is -2.41. The third-order valence-electron chi connectivity index (χ3n) is 4.95. The van der Waals surface area contributed by atoms with Gasteiger partial charge < -0.3 is 10.4 Å². The highest BCUT2D eigenvalue weighted by Crippen LogP contribution is 2.41. The van der Waals surface area contributed by atoms with Crippen molar-refractivity contribution in [3.63, 3.8) is 0 Å². The molecule has 1 saturated carbocycles. The zero-order valence-corrected chi connectivity index (χ0v) is 15.0. The quantitative estimate of drug-likeness (QED) is 0.853. The predicted octanol–water partition coefficient (Wildman–Crippen LogP) is 3.90. The van der Waals surface area contributed by atoms with E-state index in [4.69, 9.17) is 0 Å². The highest BCUT2D eigenvalue weighted by atomic mass is 35.5. The third kappa shape index (κ3) is 4.96. The number of aromatic hydroxyl groups is 1. The number of phenols is 1. The molecule has 1 atom stereocenters. The van der Waals surface area contributed by atoms with Crippen molar-refractivity contribution in [2.24, 2.45) is 5.92 Å². The van der Waals surface area contributed by atoms with Gasteiger partial charge in [0.1, 0.15) is 11.6 Å². The van der Waals surface area contributed by atoms with Crippen LogP contribution in [-0.2, 0) is 0 Å². The fourth-order valence-electron chi connectivity index (χ4n) is 3.92. The van der Waals surface area contributed by atoms with Crippen LogP contribution in [0.4, 0.5) is 4.39 Å². The van der Waals surface area contributed by atoms with Gasteiger partial charge in [0, 0.05) is 37.8 Å². The Morgan fingerprint density at radius 1 is 1.09 bits per heavy atom. The molecule has 132 valence electrons. The molecule has 2 fully saturated rings. The molecule has 1 heterocycles. The van der Waals surface area contributed by atoms with Gasteiger partial charge in [-0.2, -0.15) is 0 Å².